The predicted molar refractivity (Wildman–Crippen MR) is 71.5 cm³/mol. The van der Waals surface area contributed by atoms with Crippen molar-refractivity contribution in [2.24, 2.45) is 5.92 Å². The first-order valence-electron chi connectivity index (χ1n) is 5.38. The van der Waals surface area contributed by atoms with Crippen LogP contribution in [0.1, 0.15) is 19.3 Å². The average Bonchev–Trinajstić information content (AvgIpc) is 2.85. The van der Waals surface area contributed by atoms with Gasteiger partial charge < -0.3 is 0 Å². The van der Waals surface area contributed by atoms with Gasteiger partial charge in [0.05, 0.1) is 4.34 Å². The van der Waals surface area contributed by atoms with Gasteiger partial charge in [0.15, 0.2) is 0 Å². The highest BCUT2D eigenvalue weighted by Gasteiger charge is 2.27. The van der Waals surface area contributed by atoms with Gasteiger partial charge in [0.1, 0.15) is 4.21 Å². The van der Waals surface area contributed by atoms with E-state index >= 15 is 0 Å². The van der Waals surface area contributed by atoms with Crippen molar-refractivity contribution < 1.29 is 8.42 Å². The number of sulfonamides is 1. The van der Waals surface area contributed by atoms with Crippen LogP contribution in [0.2, 0.25) is 4.34 Å². The summed E-state index contributed by atoms with van der Waals surface area (Å²) in [6.45, 7) is 0.409. The molecule has 0 spiro atoms. The van der Waals surface area contributed by atoms with Gasteiger partial charge in [-0.15, -0.1) is 22.9 Å². The van der Waals surface area contributed by atoms with Crippen molar-refractivity contribution in [3.05, 3.63) is 16.5 Å². The largest absolute Gasteiger partial charge is 0.250 e. The van der Waals surface area contributed by atoms with Crippen molar-refractivity contribution in [2.75, 3.05) is 6.54 Å². The molecule has 0 aromatic carbocycles. The minimum Gasteiger partial charge on any atom is -0.210 e. The minimum absolute atomic E-state index is 0.0876. The Labute approximate surface area is 115 Å². The highest BCUT2D eigenvalue weighted by atomic mass is 35.5. The highest BCUT2D eigenvalue weighted by Crippen LogP contribution is 2.30. The summed E-state index contributed by atoms with van der Waals surface area (Å²) in [4.78, 5) is 0. The van der Waals surface area contributed by atoms with Gasteiger partial charge in [-0.2, -0.15) is 0 Å². The second-order valence-corrected chi connectivity index (χ2v) is 8.39. The zero-order chi connectivity index (χ0) is 12.5. The topological polar surface area (TPSA) is 46.2 Å². The molecule has 17 heavy (non-hydrogen) atoms. The summed E-state index contributed by atoms with van der Waals surface area (Å²) in [5, 5.41) is 0.0876. The summed E-state index contributed by atoms with van der Waals surface area (Å²) >= 11 is 12.9. The lowest BCUT2D eigenvalue weighted by Crippen LogP contribution is -2.30. The fraction of sp³-hybridized carbons (Fsp3) is 0.600. The maximum Gasteiger partial charge on any atom is 0.250 e. The number of hydrogen-bond donors (Lipinski definition) is 1. The molecule has 0 aliphatic heterocycles. The van der Waals surface area contributed by atoms with Crippen molar-refractivity contribution in [2.45, 2.75) is 28.8 Å². The second kappa shape index (κ2) is 5.45. The van der Waals surface area contributed by atoms with Crippen LogP contribution in [-0.4, -0.2) is 20.3 Å². The van der Waals surface area contributed by atoms with Crippen molar-refractivity contribution in [1.82, 2.24) is 4.72 Å². The van der Waals surface area contributed by atoms with Gasteiger partial charge in [-0.25, -0.2) is 13.1 Å². The summed E-state index contributed by atoms with van der Waals surface area (Å²) in [6.07, 6.45) is 3.03. The van der Waals surface area contributed by atoms with E-state index in [1.807, 2.05) is 0 Å². The zero-order valence-electron chi connectivity index (χ0n) is 9.03. The lowest BCUT2D eigenvalue weighted by atomic mass is 10.1. The molecule has 2 atom stereocenters. The Bertz CT molecular complexity index is 486. The molecule has 1 heterocycles. The molecule has 1 saturated carbocycles. The van der Waals surface area contributed by atoms with Gasteiger partial charge in [-0.3, -0.25) is 0 Å². The summed E-state index contributed by atoms with van der Waals surface area (Å²) in [7, 11) is -3.42. The Morgan fingerprint density at radius 3 is 2.71 bits per heavy atom. The van der Waals surface area contributed by atoms with Crippen molar-refractivity contribution in [3.8, 4) is 0 Å². The Morgan fingerprint density at radius 2 is 2.18 bits per heavy atom. The molecule has 1 aromatic rings. The first-order chi connectivity index (χ1) is 7.99. The van der Waals surface area contributed by atoms with E-state index in [-0.39, 0.29) is 15.5 Å². The van der Waals surface area contributed by atoms with Crippen LogP contribution in [-0.2, 0) is 10.0 Å². The fourth-order valence-electron chi connectivity index (χ4n) is 1.95. The van der Waals surface area contributed by atoms with E-state index in [0.717, 1.165) is 30.6 Å². The molecule has 1 fully saturated rings. The van der Waals surface area contributed by atoms with Crippen molar-refractivity contribution >= 4 is 44.6 Å². The van der Waals surface area contributed by atoms with Crippen LogP contribution in [0.4, 0.5) is 0 Å². The highest BCUT2D eigenvalue weighted by molar-refractivity contribution is 7.91. The molecule has 3 nitrogen and oxygen atoms in total. The third-order valence-electron chi connectivity index (χ3n) is 2.92. The van der Waals surface area contributed by atoms with E-state index in [1.165, 1.54) is 6.07 Å². The van der Waals surface area contributed by atoms with E-state index in [1.54, 1.807) is 6.07 Å². The van der Waals surface area contributed by atoms with Gasteiger partial charge in [0, 0.05) is 11.9 Å². The number of thiophene rings is 1. The van der Waals surface area contributed by atoms with Gasteiger partial charge in [0.2, 0.25) is 10.0 Å². The van der Waals surface area contributed by atoms with Crippen molar-refractivity contribution in [3.63, 3.8) is 0 Å². The van der Waals surface area contributed by atoms with E-state index in [4.69, 9.17) is 23.2 Å². The number of hydrogen-bond acceptors (Lipinski definition) is 3. The third kappa shape index (κ3) is 3.35. The molecule has 1 N–H and O–H groups in total. The maximum atomic E-state index is 11.9. The molecule has 0 radical (unpaired) electrons. The van der Waals surface area contributed by atoms with Gasteiger partial charge >= 0.3 is 0 Å². The molecule has 0 bridgehead atoms. The standard InChI is InChI=1S/C10H13Cl2NO2S2/c11-8-3-1-2-7(8)6-13-17(14,15)10-5-4-9(12)16-10/h4-5,7-8,13H,1-3,6H2. The molecular weight excluding hydrogens is 301 g/mol. The zero-order valence-corrected chi connectivity index (χ0v) is 12.2. The first-order valence-corrected chi connectivity index (χ1v) is 8.49. The molecule has 2 unspecified atom stereocenters. The Balaban J connectivity index is 1.98. The van der Waals surface area contributed by atoms with Crippen LogP contribution in [0, 0.1) is 5.92 Å². The van der Waals surface area contributed by atoms with E-state index in [2.05, 4.69) is 4.72 Å². The van der Waals surface area contributed by atoms with Crippen LogP contribution in [0.3, 0.4) is 0 Å². The molecule has 0 saturated heterocycles. The lowest BCUT2D eigenvalue weighted by Gasteiger charge is -2.13. The molecule has 0 amide bonds. The maximum absolute atomic E-state index is 11.9. The first kappa shape index (κ1) is 13.6. The fourth-order valence-corrected chi connectivity index (χ4v) is 4.94. The summed E-state index contributed by atoms with van der Waals surface area (Å²) < 4.78 is 27.1. The molecule has 96 valence electrons. The molecule has 2 rings (SSSR count). The summed E-state index contributed by atoms with van der Waals surface area (Å²) in [5.74, 6) is 0.238. The molecule has 7 heteroatoms. The number of halogens is 2. The van der Waals surface area contributed by atoms with Crippen LogP contribution < -0.4 is 4.72 Å². The molecular formula is C10H13Cl2NO2S2. The monoisotopic (exact) mass is 313 g/mol. The third-order valence-corrected chi connectivity index (χ3v) is 6.64. The number of nitrogens with one attached hydrogen (secondary N) is 1. The lowest BCUT2D eigenvalue weighted by molar-refractivity contribution is 0.524. The summed E-state index contributed by atoms with van der Waals surface area (Å²) in [5.41, 5.74) is 0. The Morgan fingerprint density at radius 1 is 1.41 bits per heavy atom. The molecule has 1 aromatic heterocycles. The number of alkyl halides is 1. The van der Waals surface area contributed by atoms with E-state index < -0.39 is 10.0 Å². The van der Waals surface area contributed by atoms with Gasteiger partial charge in [0.25, 0.3) is 0 Å². The average molecular weight is 314 g/mol. The van der Waals surface area contributed by atoms with Gasteiger partial charge in [-0.05, 0) is 30.9 Å². The smallest absolute Gasteiger partial charge is 0.210 e. The van der Waals surface area contributed by atoms with Crippen LogP contribution in [0.25, 0.3) is 0 Å². The normalized spacial score (nSPS) is 25.3. The molecule has 1 aliphatic carbocycles. The second-order valence-electron chi connectivity index (χ2n) is 4.12. The van der Waals surface area contributed by atoms with Crippen molar-refractivity contribution in [1.29, 1.82) is 0 Å². The van der Waals surface area contributed by atoms with Crippen LogP contribution in [0.15, 0.2) is 16.3 Å². The Hall–Kier alpha value is 0.190. The van der Waals surface area contributed by atoms with E-state index in [0.29, 0.717) is 10.9 Å². The van der Waals surface area contributed by atoms with Gasteiger partial charge in [-0.1, -0.05) is 18.0 Å². The van der Waals surface area contributed by atoms with Crippen LogP contribution in [0.5, 0.6) is 0 Å². The summed E-state index contributed by atoms with van der Waals surface area (Å²) in [6, 6.07) is 3.10. The minimum atomic E-state index is -3.42. The molecule has 1 aliphatic rings. The quantitative estimate of drug-likeness (QED) is 0.868. The van der Waals surface area contributed by atoms with Crippen LogP contribution >= 0.6 is 34.5 Å². The van der Waals surface area contributed by atoms with E-state index in [9.17, 15) is 8.42 Å². The number of rotatable bonds is 4. The predicted octanol–water partition coefficient (Wildman–Crippen LogP) is 3.09. The Kier molecular flexibility index (Phi) is 4.36. The SMILES string of the molecule is O=S(=O)(NCC1CCCC1Cl)c1ccc(Cl)s1.